The lowest BCUT2D eigenvalue weighted by Crippen LogP contribution is -2.14. The van der Waals surface area contributed by atoms with Crippen LogP contribution in [0.15, 0.2) is 46.8 Å². The van der Waals surface area contributed by atoms with Crippen LogP contribution in [0.5, 0.6) is 5.75 Å². The van der Waals surface area contributed by atoms with Gasteiger partial charge < -0.3 is 15.4 Å². The molecule has 0 bridgehead atoms. The summed E-state index contributed by atoms with van der Waals surface area (Å²) in [6.45, 7) is 1.93. The Morgan fingerprint density at radius 2 is 1.96 bits per heavy atom. The van der Waals surface area contributed by atoms with Gasteiger partial charge in [0.25, 0.3) is 0 Å². The minimum Gasteiger partial charge on any atom is -0.495 e. The van der Waals surface area contributed by atoms with Crippen molar-refractivity contribution in [3.63, 3.8) is 0 Å². The standard InChI is InChI=1S/C18H17ClN4O2S2/c1-11-12(19)6-5-8-13(11)21-17-22-23-18(27-17)26-10-16(24)20-14-7-3-4-9-15(14)25-2/h3-9H,10H2,1-2H3,(H,20,24)(H,21,22). The summed E-state index contributed by atoms with van der Waals surface area (Å²) in [5.41, 5.74) is 2.46. The number of hydrogen-bond donors (Lipinski definition) is 2. The van der Waals surface area contributed by atoms with Crippen molar-refractivity contribution in [3.05, 3.63) is 53.1 Å². The van der Waals surface area contributed by atoms with E-state index in [-0.39, 0.29) is 11.7 Å². The fraction of sp³-hybridized carbons (Fsp3) is 0.167. The first-order chi connectivity index (χ1) is 13.1. The number of benzene rings is 2. The summed E-state index contributed by atoms with van der Waals surface area (Å²) in [5.74, 6) is 0.707. The lowest BCUT2D eigenvalue weighted by molar-refractivity contribution is -0.113. The molecular formula is C18H17ClN4O2S2. The van der Waals surface area contributed by atoms with E-state index in [0.717, 1.165) is 11.3 Å². The van der Waals surface area contributed by atoms with Crippen molar-refractivity contribution in [3.8, 4) is 5.75 Å². The van der Waals surface area contributed by atoms with Crippen LogP contribution in [0.25, 0.3) is 0 Å². The van der Waals surface area contributed by atoms with Gasteiger partial charge in [0.1, 0.15) is 5.75 Å². The van der Waals surface area contributed by atoms with E-state index in [4.69, 9.17) is 16.3 Å². The Kier molecular flexibility index (Phi) is 6.54. The molecule has 0 saturated carbocycles. The van der Waals surface area contributed by atoms with E-state index in [2.05, 4.69) is 20.8 Å². The third-order valence-corrected chi connectivity index (χ3v) is 6.01. The van der Waals surface area contributed by atoms with Crippen molar-refractivity contribution < 1.29 is 9.53 Å². The molecule has 0 aliphatic carbocycles. The van der Waals surface area contributed by atoms with Crippen LogP contribution in [0, 0.1) is 6.92 Å². The number of para-hydroxylation sites is 2. The third-order valence-electron chi connectivity index (χ3n) is 3.62. The van der Waals surface area contributed by atoms with Crippen molar-refractivity contribution in [1.82, 2.24) is 10.2 Å². The Morgan fingerprint density at radius 3 is 2.78 bits per heavy atom. The topological polar surface area (TPSA) is 76.1 Å². The molecule has 3 rings (SSSR count). The maximum Gasteiger partial charge on any atom is 0.234 e. The van der Waals surface area contributed by atoms with Crippen molar-refractivity contribution >= 4 is 57.1 Å². The van der Waals surface area contributed by atoms with Gasteiger partial charge in [-0.2, -0.15) is 0 Å². The number of ether oxygens (including phenoxy) is 1. The zero-order chi connectivity index (χ0) is 19.2. The van der Waals surface area contributed by atoms with E-state index < -0.39 is 0 Å². The number of anilines is 3. The Labute approximate surface area is 170 Å². The number of rotatable bonds is 7. The molecule has 0 atom stereocenters. The number of methoxy groups -OCH3 is 1. The predicted octanol–water partition coefficient (Wildman–Crippen LogP) is 4.98. The number of carbonyl (C=O) groups is 1. The Bertz CT molecular complexity index is 949. The fourth-order valence-electron chi connectivity index (χ4n) is 2.24. The lowest BCUT2D eigenvalue weighted by atomic mass is 10.2. The first-order valence-corrected chi connectivity index (χ1v) is 10.2. The molecule has 9 heteroatoms. The average molecular weight is 421 g/mol. The smallest absolute Gasteiger partial charge is 0.234 e. The maximum absolute atomic E-state index is 12.2. The second-order valence-electron chi connectivity index (χ2n) is 5.45. The van der Waals surface area contributed by atoms with Crippen molar-refractivity contribution in [1.29, 1.82) is 0 Å². The highest BCUT2D eigenvalue weighted by Gasteiger charge is 2.11. The van der Waals surface area contributed by atoms with Crippen LogP contribution in [-0.2, 0) is 4.79 Å². The van der Waals surface area contributed by atoms with Crippen LogP contribution in [0.2, 0.25) is 5.02 Å². The van der Waals surface area contributed by atoms with Crippen molar-refractivity contribution in [2.75, 3.05) is 23.5 Å². The number of thioether (sulfide) groups is 1. The molecule has 2 aromatic carbocycles. The van der Waals surface area contributed by atoms with Crippen molar-refractivity contribution in [2.24, 2.45) is 0 Å². The van der Waals surface area contributed by atoms with Crippen LogP contribution in [0.3, 0.4) is 0 Å². The molecule has 27 heavy (non-hydrogen) atoms. The van der Waals surface area contributed by atoms with Gasteiger partial charge in [-0.25, -0.2) is 0 Å². The van der Waals surface area contributed by atoms with Gasteiger partial charge >= 0.3 is 0 Å². The van der Waals surface area contributed by atoms with Crippen molar-refractivity contribution in [2.45, 2.75) is 11.3 Å². The highest BCUT2D eigenvalue weighted by molar-refractivity contribution is 8.01. The van der Waals surface area contributed by atoms with Crippen LogP contribution < -0.4 is 15.4 Å². The van der Waals surface area contributed by atoms with Gasteiger partial charge in [0.05, 0.1) is 18.6 Å². The first kappa shape index (κ1) is 19.5. The zero-order valence-corrected chi connectivity index (χ0v) is 17.0. The highest BCUT2D eigenvalue weighted by atomic mass is 35.5. The number of nitrogens with one attached hydrogen (secondary N) is 2. The summed E-state index contributed by atoms with van der Waals surface area (Å²) in [5, 5.41) is 15.6. The molecule has 6 nitrogen and oxygen atoms in total. The predicted molar refractivity (Wildman–Crippen MR) is 112 cm³/mol. The summed E-state index contributed by atoms with van der Waals surface area (Å²) in [7, 11) is 1.57. The normalized spacial score (nSPS) is 10.5. The van der Waals surface area contributed by atoms with E-state index in [9.17, 15) is 4.79 Å². The molecule has 3 aromatic rings. The zero-order valence-electron chi connectivity index (χ0n) is 14.7. The van der Waals surface area contributed by atoms with E-state index in [0.29, 0.717) is 25.9 Å². The monoisotopic (exact) mass is 420 g/mol. The SMILES string of the molecule is COc1ccccc1NC(=O)CSc1nnc(Nc2cccc(Cl)c2C)s1. The van der Waals surface area contributed by atoms with Crippen LogP contribution in [0.4, 0.5) is 16.5 Å². The maximum atomic E-state index is 12.2. The molecular weight excluding hydrogens is 404 g/mol. The number of carbonyl (C=O) groups excluding carboxylic acids is 1. The molecule has 0 radical (unpaired) electrons. The van der Waals surface area contributed by atoms with E-state index in [1.165, 1.54) is 23.1 Å². The lowest BCUT2D eigenvalue weighted by Gasteiger charge is -2.09. The minimum atomic E-state index is -0.139. The number of aromatic nitrogens is 2. The van der Waals surface area contributed by atoms with Crippen LogP contribution in [-0.4, -0.2) is 29.0 Å². The Balaban J connectivity index is 1.56. The van der Waals surface area contributed by atoms with Crippen LogP contribution in [0.1, 0.15) is 5.56 Å². The highest BCUT2D eigenvalue weighted by Crippen LogP contribution is 2.31. The van der Waals surface area contributed by atoms with Crippen LogP contribution >= 0.6 is 34.7 Å². The fourth-order valence-corrected chi connectivity index (χ4v) is 3.98. The molecule has 1 aromatic heterocycles. The minimum absolute atomic E-state index is 0.139. The second-order valence-corrected chi connectivity index (χ2v) is 8.05. The quantitative estimate of drug-likeness (QED) is 0.525. The molecule has 0 fully saturated rings. The summed E-state index contributed by atoms with van der Waals surface area (Å²) < 4.78 is 5.93. The molecule has 0 aliphatic rings. The molecule has 0 unspecified atom stereocenters. The molecule has 140 valence electrons. The molecule has 2 N–H and O–H groups in total. The Morgan fingerprint density at radius 1 is 1.19 bits per heavy atom. The molecule has 0 aliphatic heterocycles. The summed E-state index contributed by atoms with van der Waals surface area (Å²) >= 11 is 8.83. The summed E-state index contributed by atoms with van der Waals surface area (Å²) in [6, 6.07) is 12.9. The average Bonchev–Trinajstić information content (AvgIpc) is 3.12. The van der Waals surface area contributed by atoms with Gasteiger partial charge in [0.15, 0.2) is 4.34 Å². The summed E-state index contributed by atoms with van der Waals surface area (Å²) in [4.78, 5) is 12.2. The first-order valence-electron chi connectivity index (χ1n) is 7.98. The van der Waals surface area contributed by atoms with E-state index >= 15 is 0 Å². The number of nitrogens with zero attached hydrogens (tertiary/aromatic N) is 2. The van der Waals surface area contributed by atoms with E-state index in [1.807, 2.05) is 37.3 Å². The van der Waals surface area contributed by atoms with Gasteiger partial charge in [0.2, 0.25) is 11.0 Å². The molecule has 1 heterocycles. The largest absolute Gasteiger partial charge is 0.495 e. The molecule has 0 saturated heterocycles. The van der Waals surface area contributed by atoms with Gasteiger partial charge in [-0.3, -0.25) is 4.79 Å². The number of halogens is 1. The molecule has 0 spiro atoms. The van der Waals surface area contributed by atoms with Gasteiger partial charge in [-0.1, -0.05) is 52.9 Å². The second kappa shape index (κ2) is 9.07. The van der Waals surface area contributed by atoms with Gasteiger partial charge in [-0.15, -0.1) is 10.2 Å². The van der Waals surface area contributed by atoms with E-state index in [1.54, 1.807) is 19.2 Å². The summed E-state index contributed by atoms with van der Waals surface area (Å²) in [6.07, 6.45) is 0. The molecule has 1 amide bonds. The number of hydrogen-bond acceptors (Lipinski definition) is 7. The van der Waals surface area contributed by atoms with Gasteiger partial charge in [0, 0.05) is 10.7 Å². The number of amides is 1. The Hall–Kier alpha value is -2.29. The van der Waals surface area contributed by atoms with Gasteiger partial charge in [-0.05, 0) is 36.8 Å². The third kappa shape index (κ3) is 5.12.